The number of rotatable bonds is 9. The Morgan fingerprint density at radius 1 is 0.513 bits per heavy atom. The lowest BCUT2D eigenvalue weighted by Gasteiger charge is -2.42. The Morgan fingerprint density at radius 2 is 0.897 bits per heavy atom. The molecule has 0 amide bonds. The van der Waals surface area contributed by atoms with Gasteiger partial charge in [0, 0.05) is 0 Å². The summed E-state index contributed by atoms with van der Waals surface area (Å²) in [6.07, 6.45) is 0. The second-order valence-electron chi connectivity index (χ2n) is 9.11. The molecule has 0 bridgehead atoms. The van der Waals surface area contributed by atoms with Gasteiger partial charge in [0.25, 0.3) is 0 Å². The topological polar surface area (TPSA) is 149 Å². The van der Waals surface area contributed by atoms with Gasteiger partial charge < -0.3 is 20.4 Å². The van der Waals surface area contributed by atoms with Gasteiger partial charge >= 0.3 is 23.9 Å². The number of hydrogen-bond acceptors (Lipinski definition) is 4. The highest BCUT2D eigenvalue weighted by molar-refractivity contribution is 5.90. The van der Waals surface area contributed by atoms with E-state index >= 15 is 0 Å². The quantitative estimate of drug-likeness (QED) is 0.206. The third kappa shape index (κ3) is 5.00. The summed E-state index contributed by atoms with van der Waals surface area (Å²) < 4.78 is 0. The van der Waals surface area contributed by atoms with E-state index in [-0.39, 0.29) is 22.3 Å². The SMILES string of the molecule is CC(c1ccc(C(=O)O)cc1)C(c1ccc(C(=O)O)cc1)(c1cccc(C(=O)O)c1)c1cccc(C(=O)O)c1. The van der Waals surface area contributed by atoms with Crippen molar-refractivity contribution >= 4 is 23.9 Å². The minimum Gasteiger partial charge on any atom is -0.478 e. The van der Waals surface area contributed by atoms with Gasteiger partial charge in [-0.2, -0.15) is 0 Å². The predicted molar refractivity (Wildman–Crippen MR) is 142 cm³/mol. The van der Waals surface area contributed by atoms with Crippen LogP contribution in [-0.4, -0.2) is 44.3 Å². The summed E-state index contributed by atoms with van der Waals surface area (Å²) in [6.45, 7) is 1.88. The van der Waals surface area contributed by atoms with Crippen LogP contribution in [0.3, 0.4) is 0 Å². The van der Waals surface area contributed by atoms with E-state index in [4.69, 9.17) is 0 Å². The van der Waals surface area contributed by atoms with Crippen LogP contribution >= 0.6 is 0 Å². The van der Waals surface area contributed by atoms with E-state index in [9.17, 15) is 39.6 Å². The molecular weight excluding hydrogens is 500 g/mol. The molecule has 0 aliphatic rings. The molecule has 1 unspecified atom stereocenters. The minimum atomic E-state index is -1.21. The van der Waals surface area contributed by atoms with E-state index in [1.807, 2.05) is 6.92 Å². The molecule has 0 fully saturated rings. The zero-order valence-electron chi connectivity index (χ0n) is 20.7. The van der Waals surface area contributed by atoms with Gasteiger partial charge in [-0.3, -0.25) is 0 Å². The number of benzene rings is 4. The Hall–Kier alpha value is -5.24. The lowest BCUT2D eigenvalue weighted by molar-refractivity contribution is 0.0685. The highest BCUT2D eigenvalue weighted by Gasteiger charge is 2.43. The second-order valence-corrected chi connectivity index (χ2v) is 9.11. The van der Waals surface area contributed by atoms with Gasteiger partial charge in [0.15, 0.2) is 0 Å². The van der Waals surface area contributed by atoms with Crippen molar-refractivity contribution in [2.45, 2.75) is 18.3 Å². The van der Waals surface area contributed by atoms with Crippen LogP contribution in [0, 0.1) is 0 Å². The van der Waals surface area contributed by atoms with Crippen molar-refractivity contribution in [2.24, 2.45) is 0 Å². The number of hydrogen-bond donors (Lipinski definition) is 4. The first kappa shape index (κ1) is 26.8. The molecule has 4 aromatic rings. The summed E-state index contributed by atoms with van der Waals surface area (Å²) in [5.74, 6) is -5.02. The number of aromatic carboxylic acids is 4. The number of carbonyl (C=O) groups is 4. The molecule has 0 spiro atoms. The van der Waals surface area contributed by atoms with E-state index in [2.05, 4.69) is 0 Å². The molecule has 0 aromatic heterocycles. The van der Waals surface area contributed by atoms with Gasteiger partial charge in [0.05, 0.1) is 27.7 Å². The van der Waals surface area contributed by atoms with Gasteiger partial charge in [-0.25, -0.2) is 19.2 Å². The molecule has 0 aliphatic heterocycles. The molecular formula is C31H24O8. The molecule has 4 aromatic carbocycles. The minimum absolute atomic E-state index is 0.0156. The van der Waals surface area contributed by atoms with Crippen LogP contribution in [0.2, 0.25) is 0 Å². The van der Waals surface area contributed by atoms with Gasteiger partial charge in [-0.1, -0.05) is 55.5 Å². The molecule has 8 nitrogen and oxygen atoms in total. The maximum Gasteiger partial charge on any atom is 0.335 e. The van der Waals surface area contributed by atoms with E-state index in [0.29, 0.717) is 22.3 Å². The van der Waals surface area contributed by atoms with E-state index in [1.54, 1.807) is 48.5 Å². The van der Waals surface area contributed by atoms with Crippen LogP contribution in [0.15, 0.2) is 97.1 Å². The molecule has 0 saturated heterocycles. The van der Waals surface area contributed by atoms with Crippen molar-refractivity contribution in [2.75, 3.05) is 0 Å². The average Bonchev–Trinajstić information content (AvgIpc) is 2.94. The maximum atomic E-state index is 12.0. The van der Waals surface area contributed by atoms with Crippen LogP contribution in [0.1, 0.15) is 76.5 Å². The smallest absolute Gasteiger partial charge is 0.335 e. The Kier molecular flexibility index (Phi) is 7.31. The fourth-order valence-corrected chi connectivity index (χ4v) is 5.09. The maximum absolute atomic E-state index is 12.0. The number of carboxylic acids is 4. The highest BCUT2D eigenvalue weighted by Crippen LogP contribution is 2.50. The summed E-state index contributed by atoms with van der Waals surface area (Å²) in [6, 6.07) is 25.0. The van der Waals surface area contributed by atoms with Crippen molar-refractivity contribution < 1.29 is 39.6 Å². The van der Waals surface area contributed by atoms with E-state index < -0.39 is 35.2 Å². The van der Waals surface area contributed by atoms with Crippen LogP contribution < -0.4 is 0 Å². The molecule has 1 atom stereocenters. The first-order chi connectivity index (χ1) is 18.5. The monoisotopic (exact) mass is 524 g/mol. The molecule has 4 N–H and O–H groups in total. The zero-order chi connectivity index (χ0) is 28.3. The summed E-state index contributed by atoms with van der Waals surface area (Å²) >= 11 is 0. The molecule has 8 heteroatoms. The third-order valence-electron chi connectivity index (χ3n) is 7.02. The summed E-state index contributed by atoms with van der Waals surface area (Å²) in [4.78, 5) is 47.0. The Morgan fingerprint density at radius 3 is 1.28 bits per heavy atom. The van der Waals surface area contributed by atoms with E-state index in [0.717, 1.165) is 0 Å². The Bertz CT molecular complexity index is 1510. The largest absolute Gasteiger partial charge is 0.478 e. The lowest BCUT2D eigenvalue weighted by atomic mass is 9.60. The summed E-state index contributed by atoms with van der Waals surface area (Å²) in [5.41, 5.74) is 1.30. The van der Waals surface area contributed by atoms with Gasteiger partial charge in [-0.05, 0) is 76.7 Å². The van der Waals surface area contributed by atoms with E-state index in [1.165, 1.54) is 48.5 Å². The van der Waals surface area contributed by atoms with Crippen molar-refractivity contribution in [1.82, 2.24) is 0 Å². The van der Waals surface area contributed by atoms with Crippen LogP contribution in [0.5, 0.6) is 0 Å². The normalized spacial score (nSPS) is 11.9. The molecule has 196 valence electrons. The highest BCUT2D eigenvalue weighted by atomic mass is 16.4. The molecule has 4 rings (SSSR count). The van der Waals surface area contributed by atoms with Crippen LogP contribution in [0.25, 0.3) is 0 Å². The van der Waals surface area contributed by atoms with Crippen molar-refractivity contribution in [1.29, 1.82) is 0 Å². The summed E-state index contributed by atoms with van der Waals surface area (Å²) in [5, 5.41) is 38.4. The van der Waals surface area contributed by atoms with Crippen LogP contribution in [-0.2, 0) is 5.41 Å². The molecule has 39 heavy (non-hydrogen) atoms. The second kappa shape index (κ2) is 10.6. The fourth-order valence-electron chi connectivity index (χ4n) is 5.09. The zero-order valence-corrected chi connectivity index (χ0v) is 20.7. The van der Waals surface area contributed by atoms with Gasteiger partial charge in [-0.15, -0.1) is 0 Å². The first-order valence-corrected chi connectivity index (χ1v) is 11.9. The molecule has 0 heterocycles. The molecule has 0 radical (unpaired) electrons. The van der Waals surface area contributed by atoms with Crippen molar-refractivity contribution in [3.63, 3.8) is 0 Å². The predicted octanol–water partition coefficient (Wildman–Crippen LogP) is 5.62. The van der Waals surface area contributed by atoms with Gasteiger partial charge in [0.1, 0.15) is 0 Å². The molecule has 0 saturated carbocycles. The first-order valence-electron chi connectivity index (χ1n) is 11.9. The fraction of sp³-hybridized carbons (Fsp3) is 0.0968. The third-order valence-corrected chi connectivity index (χ3v) is 7.02. The molecule has 0 aliphatic carbocycles. The van der Waals surface area contributed by atoms with Crippen molar-refractivity contribution in [3.05, 3.63) is 142 Å². The van der Waals surface area contributed by atoms with Gasteiger partial charge in [0.2, 0.25) is 0 Å². The summed E-state index contributed by atoms with van der Waals surface area (Å²) in [7, 11) is 0. The van der Waals surface area contributed by atoms with Crippen LogP contribution in [0.4, 0.5) is 0 Å². The standard InChI is InChI=1S/C31H24O8/c1-18(19-8-10-20(11-9-19)27(32)33)31(24-14-12-21(13-15-24)28(34)35,25-6-2-4-22(16-25)29(36)37)26-7-3-5-23(17-26)30(38)39/h2-18H,1H3,(H,32,33)(H,34,35)(H,36,37)(H,38,39). The average molecular weight is 525 g/mol. The number of carboxylic acid groups (broad SMARTS) is 4. The van der Waals surface area contributed by atoms with Crippen molar-refractivity contribution in [3.8, 4) is 0 Å². The Labute approximate surface area is 223 Å². The Balaban J connectivity index is 2.12. The lowest BCUT2D eigenvalue weighted by Crippen LogP contribution is -2.36.